The number of hydrogen-bond donors (Lipinski definition) is 1. The average Bonchev–Trinajstić information content (AvgIpc) is 2.32. The first-order chi connectivity index (χ1) is 8.06. The van der Waals surface area contributed by atoms with Crippen LogP contribution in [0.25, 0.3) is 0 Å². The number of nitrogen functional groups attached to an aromatic ring is 1. The van der Waals surface area contributed by atoms with E-state index in [9.17, 15) is 9.18 Å². The monoisotopic (exact) mass is 236 g/mol. The summed E-state index contributed by atoms with van der Waals surface area (Å²) in [5.41, 5.74) is 5.72. The maximum atomic E-state index is 13.2. The van der Waals surface area contributed by atoms with Crippen LogP contribution < -0.4 is 5.73 Å². The van der Waals surface area contributed by atoms with Crippen molar-refractivity contribution in [1.29, 1.82) is 0 Å². The highest BCUT2D eigenvalue weighted by atomic mass is 19.1. The summed E-state index contributed by atoms with van der Waals surface area (Å²) < 4.78 is 13.2. The summed E-state index contributed by atoms with van der Waals surface area (Å²) in [6.07, 6.45) is 3.51. The van der Waals surface area contributed by atoms with Gasteiger partial charge in [-0.25, -0.2) is 4.39 Å². The third kappa shape index (κ3) is 3.59. The Morgan fingerprint density at radius 1 is 1.59 bits per heavy atom. The second kappa shape index (κ2) is 6.03. The first kappa shape index (κ1) is 13.2. The Hall–Kier alpha value is -1.84. The lowest BCUT2D eigenvalue weighted by Crippen LogP contribution is -2.27. The van der Waals surface area contributed by atoms with Crippen molar-refractivity contribution in [3.05, 3.63) is 42.2 Å². The molecule has 0 aromatic heterocycles. The van der Waals surface area contributed by atoms with Crippen LogP contribution in [-0.2, 0) is 0 Å². The van der Waals surface area contributed by atoms with Gasteiger partial charge in [-0.1, -0.05) is 6.08 Å². The van der Waals surface area contributed by atoms with E-state index in [2.05, 4.69) is 6.58 Å². The summed E-state index contributed by atoms with van der Waals surface area (Å²) in [4.78, 5) is 13.5. The molecule has 1 rings (SSSR count). The van der Waals surface area contributed by atoms with E-state index in [1.54, 1.807) is 18.0 Å². The highest BCUT2D eigenvalue weighted by Gasteiger charge is 2.12. The van der Waals surface area contributed by atoms with E-state index in [-0.39, 0.29) is 11.6 Å². The van der Waals surface area contributed by atoms with Crippen molar-refractivity contribution in [2.45, 2.75) is 12.8 Å². The lowest BCUT2D eigenvalue weighted by Gasteiger charge is -2.16. The van der Waals surface area contributed by atoms with E-state index in [1.807, 2.05) is 0 Å². The largest absolute Gasteiger partial charge is 0.396 e. The van der Waals surface area contributed by atoms with Crippen LogP contribution in [0.4, 0.5) is 10.1 Å². The molecule has 4 heteroatoms. The van der Waals surface area contributed by atoms with Crippen molar-refractivity contribution in [1.82, 2.24) is 4.90 Å². The molecule has 0 aliphatic rings. The molecule has 0 saturated carbocycles. The van der Waals surface area contributed by atoms with Crippen molar-refractivity contribution in [2.24, 2.45) is 0 Å². The van der Waals surface area contributed by atoms with Gasteiger partial charge in [0.05, 0.1) is 5.69 Å². The Balaban J connectivity index is 2.68. The third-order valence-electron chi connectivity index (χ3n) is 2.50. The zero-order valence-electron chi connectivity index (χ0n) is 9.95. The van der Waals surface area contributed by atoms with E-state index in [0.717, 1.165) is 12.8 Å². The minimum atomic E-state index is -0.560. The van der Waals surface area contributed by atoms with E-state index in [0.29, 0.717) is 12.1 Å². The number of nitrogens with zero attached hydrogens (tertiary/aromatic N) is 1. The van der Waals surface area contributed by atoms with Gasteiger partial charge in [0.1, 0.15) is 5.82 Å². The highest BCUT2D eigenvalue weighted by molar-refractivity contribution is 5.94. The van der Waals surface area contributed by atoms with Crippen molar-refractivity contribution >= 4 is 11.6 Å². The summed E-state index contributed by atoms with van der Waals surface area (Å²) in [5, 5.41) is 0. The lowest BCUT2D eigenvalue weighted by molar-refractivity contribution is 0.0793. The minimum absolute atomic E-state index is 0.0517. The van der Waals surface area contributed by atoms with Gasteiger partial charge in [-0.15, -0.1) is 6.58 Å². The normalized spacial score (nSPS) is 10.0. The molecule has 0 heterocycles. The second-order valence-corrected chi connectivity index (χ2v) is 3.89. The molecule has 92 valence electrons. The zero-order valence-corrected chi connectivity index (χ0v) is 9.95. The van der Waals surface area contributed by atoms with Gasteiger partial charge < -0.3 is 10.6 Å². The molecule has 0 spiro atoms. The number of hydrogen-bond acceptors (Lipinski definition) is 2. The number of amides is 1. The third-order valence-corrected chi connectivity index (χ3v) is 2.50. The fraction of sp³-hybridized carbons (Fsp3) is 0.308. The molecule has 1 aromatic rings. The molecule has 1 amide bonds. The maximum Gasteiger partial charge on any atom is 0.253 e. The SMILES string of the molecule is C=CCCCN(C)C(=O)c1ccc(N)c(F)c1. The van der Waals surface area contributed by atoms with Gasteiger partial charge in [0.2, 0.25) is 0 Å². The second-order valence-electron chi connectivity index (χ2n) is 3.89. The van der Waals surface area contributed by atoms with Crippen molar-refractivity contribution < 1.29 is 9.18 Å². The van der Waals surface area contributed by atoms with Crippen LogP contribution in [0.3, 0.4) is 0 Å². The van der Waals surface area contributed by atoms with E-state index >= 15 is 0 Å². The van der Waals surface area contributed by atoms with Gasteiger partial charge in [-0.2, -0.15) is 0 Å². The lowest BCUT2D eigenvalue weighted by atomic mass is 10.1. The van der Waals surface area contributed by atoms with Gasteiger partial charge in [0.25, 0.3) is 5.91 Å². The molecule has 17 heavy (non-hydrogen) atoms. The van der Waals surface area contributed by atoms with E-state index in [1.165, 1.54) is 18.2 Å². The molecule has 3 nitrogen and oxygen atoms in total. The number of allylic oxidation sites excluding steroid dienone is 1. The van der Waals surface area contributed by atoms with Crippen LogP contribution in [0, 0.1) is 5.82 Å². The number of halogens is 1. The molecule has 0 unspecified atom stereocenters. The quantitative estimate of drug-likeness (QED) is 0.485. The number of benzene rings is 1. The summed E-state index contributed by atoms with van der Waals surface area (Å²) >= 11 is 0. The van der Waals surface area contributed by atoms with Crippen LogP contribution >= 0.6 is 0 Å². The molecule has 0 aliphatic carbocycles. The highest BCUT2D eigenvalue weighted by Crippen LogP contribution is 2.13. The smallest absolute Gasteiger partial charge is 0.253 e. The first-order valence-corrected chi connectivity index (χ1v) is 5.47. The summed E-state index contributed by atoms with van der Waals surface area (Å²) in [7, 11) is 1.69. The molecule has 0 saturated heterocycles. The predicted molar refractivity (Wildman–Crippen MR) is 67.2 cm³/mol. The molecular formula is C13H17FN2O. The van der Waals surface area contributed by atoms with Crippen LogP contribution in [-0.4, -0.2) is 24.4 Å². The molecule has 0 radical (unpaired) electrons. The number of carbonyl (C=O) groups is 1. The van der Waals surface area contributed by atoms with Gasteiger partial charge in [-0.3, -0.25) is 4.79 Å². The molecule has 0 aliphatic heterocycles. The topological polar surface area (TPSA) is 46.3 Å². The zero-order chi connectivity index (χ0) is 12.8. The van der Waals surface area contributed by atoms with E-state index in [4.69, 9.17) is 5.73 Å². The summed E-state index contributed by atoms with van der Waals surface area (Å²) in [6.45, 7) is 4.24. The van der Waals surface area contributed by atoms with Gasteiger partial charge in [0, 0.05) is 19.2 Å². The van der Waals surface area contributed by atoms with E-state index < -0.39 is 5.82 Å². The molecule has 0 fully saturated rings. The number of nitrogens with two attached hydrogens (primary N) is 1. The molecular weight excluding hydrogens is 219 g/mol. The fourth-order valence-corrected chi connectivity index (χ4v) is 1.45. The van der Waals surface area contributed by atoms with Crippen LogP contribution in [0.1, 0.15) is 23.2 Å². The Kier molecular flexibility index (Phi) is 4.69. The first-order valence-electron chi connectivity index (χ1n) is 5.47. The molecule has 0 atom stereocenters. The molecule has 0 bridgehead atoms. The van der Waals surface area contributed by atoms with Gasteiger partial charge in [0.15, 0.2) is 0 Å². The summed E-state index contributed by atoms with van der Waals surface area (Å²) in [5.74, 6) is -0.761. The Bertz CT molecular complexity index is 418. The minimum Gasteiger partial charge on any atom is -0.396 e. The van der Waals surface area contributed by atoms with Crippen molar-refractivity contribution in [3.63, 3.8) is 0 Å². The van der Waals surface area contributed by atoms with Gasteiger partial charge in [-0.05, 0) is 31.0 Å². The average molecular weight is 236 g/mol. The van der Waals surface area contributed by atoms with Crippen molar-refractivity contribution in [3.8, 4) is 0 Å². The van der Waals surface area contributed by atoms with Crippen molar-refractivity contribution in [2.75, 3.05) is 19.3 Å². The number of unbranched alkanes of at least 4 members (excludes halogenated alkanes) is 1. The Labute approximate surface area is 101 Å². The predicted octanol–water partition coefficient (Wildman–Crippen LogP) is 2.45. The van der Waals surface area contributed by atoms with Crippen LogP contribution in [0.15, 0.2) is 30.9 Å². The number of carbonyl (C=O) groups excluding carboxylic acids is 1. The standard InChI is InChI=1S/C13H17FN2O/c1-3-4-5-8-16(2)13(17)10-6-7-12(15)11(14)9-10/h3,6-7,9H,1,4-5,8,15H2,2H3. The maximum absolute atomic E-state index is 13.2. The molecule has 1 aromatic carbocycles. The van der Waals surface area contributed by atoms with Crippen LogP contribution in [0.5, 0.6) is 0 Å². The summed E-state index contributed by atoms with van der Waals surface area (Å²) in [6, 6.07) is 4.10. The van der Waals surface area contributed by atoms with Gasteiger partial charge >= 0.3 is 0 Å². The number of anilines is 1. The fourth-order valence-electron chi connectivity index (χ4n) is 1.45. The number of rotatable bonds is 5. The Morgan fingerprint density at radius 3 is 2.88 bits per heavy atom. The Morgan fingerprint density at radius 2 is 2.29 bits per heavy atom. The van der Waals surface area contributed by atoms with Crippen LogP contribution in [0.2, 0.25) is 0 Å². The molecule has 2 N–H and O–H groups in total.